The second-order valence-corrected chi connectivity index (χ2v) is 7.28. The topological polar surface area (TPSA) is 114 Å². The van der Waals surface area contributed by atoms with Crippen LogP contribution >= 0.6 is 11.6 Å². The van der Waals surface area contributed by atoms with Crippen LogP contribution in [-0.4, -0.2) is 17.9 Å². The van der Waals surface area contributed by atoms with Gasteiger partial charge in [-0.1, -0.05) is 11.6 Å². The number of nitrogens with zero attached hydrogens (tertiary/aromatic N) is 2. The highest BCUT2D eigenvalue weighted by molar-refractivity contribution is 6.32. The van der Waals surface area contributed by atoms with E-state index in [9.17, 15) is 24.6 Å². The maximum Gasteiger partial charge on any atom is 0.269 e. The molecule has 0 heterocycles. The van der Waals surface area contributed by atoms with Crippen molar-refractivity contribution in [1.82, 2.24) is 0 Å². The molecule has 0 atom stereocenters. The lowest BCUT2D eigenvalue weighted by Gasteiger charge is -2.13. The molecule has 0 bridgehead atoms. The van der Waals surface area contributed by atoms with E-state index in [2.05, 4.69) is 5.32 Å². The largest absolute Gasteiger partial charge is 0.493 e. The summed E-state index contributed by atoms with van der Waals surface area (Å²) < 4.78 is 24.1. The summed E-state index contributed by atoms with van der Waals surface area (Å²) in [6, 6.07) is 15.8. The number of hydrogen-bond donors (Lipinski definition) is 1. The summed E-state index contributed by atoms with van der Waals surface area (Å²) in [6.45, 7) is 0.0762. The fourth-order valence-corrected chi connectivity index (χ4v) is 3.15. The Morgan fingerprint density at radius 2 is 1.88 bits per heavy atom. The highest BCUT2D eigenvalue weighted by Crippen LogP contribution is 2.37. The third-order valence-electron chi connectivity index (χ3n) is 4.56. The Labute approximate surface area is 198 Å². The number of nitro groups is 1. The van der Waals surface area contributed by atoms with Gasteiger partial charge in [0, 0.05) is 17.8 Å². The average Bonchev–Trinajstić information content (AvgIpc) is 2.83. The van der Waals surface area contributed by atoms with Crippen molar-refractivity contribution in [3.8, 4) is 17.6 Å². The summed E-state index contributed by atoms with van der Waals surface area (Å²) >= 11 is 6.35. The van der Waals surface area contributed by atoms with E-state index in [1.54, 1.807) is 18.2 Å². The van der Waals surface area contributed by atoms with E-state index in [0.29, 0.717) is 16.8 Å². The summed E-state index contributed by atoms with van der Waals surface area (Å²) in [5, 5.41) is 22.9. The van der Waals surface area contributed by atoms with Crippen LogP contribution < -0.4 is 14.8 Å². The summed E-state index contributed by atoms with van der Waals surface area (Å²) in [4.78, 5) is 22.7. The SMILES string of the molecule is COc1cc(/C=C(\C#N)C(=O)Nc2ccc(F)cc2)cc(Cl)c1OCc1ccc([N+](=O)[O-])cc1. The molecule has 0 aromatic heterocycles. The summed E-state index contributed by atoms with van der Waals surface area (Å²) in [7, 11) is 1.41. The van der Waals surface area contributed by atoms with Gasteiger partial charge in [0.05, 0.1) is 17.1 Å². The lowest BCUT2D eigenvalue weighted by molar-refractivity contribution is -0.384. The Balaban J connectivity index is 1.78. The van der Waals surface area contributed by atoms with Crippen molar-refractivity contribution < 1.29 is 23.6 Å². The number of halogens is 2. The first-order valence-electron chi connectivity index (χ1n) is 9.73. The normalized spacial score (nSPS) is 10.8. The Hall–Kier alpha value is -4.42. The molecule has 0 spiro atoms. The number of hydrogen-bond acceptors (Lipinski definition) is 6. The van der Waals surface area contributed by atoms with Crippen LogP contribution in [-0.2, 0) is 11.4 Å². The first-order chi connectivity index (χ1) is 16.3. The second kappa shape index (κ2) is 10.9. The van der Waals surface area contributed by atoms with E-state index >= 15 is 0 Å². The van der Waals surface area contributed by atoms with Gasteiger partial charge in [-0.05, 0) is 65.7 Å². The number of amides is 1. The zero-order valence-electron chi connectivity index (χ0n) is 17.7. The van der Waals surface area contributed by atoms with E-state index in [-0.39, 0.29) is 34.4 Å². The van der Waals surface area contributed by atoms with E-state index < -0.39 is 16.6 Å². The maximum absolute atomic E-state index is 13.0. The van der Waals surface area contributed by atoms with Crippen LogP contribution in [0.15, 0.2) is 66.2 Å². The first-order valence-corrected chi connectivity index (χ1v) is 10.1. The lowest BCUT2D eigenvalue weighted by Crippen LogP contribution is -2.13. The molecule has 0 aliphatic heterocycles. The molecule has 10 heteroatoms. The van der Waals surface area contributed by atoms with Crippen LogP contribution in [0.5, 0.6) is 11.5 Å². The molecule has 0 aliphatic rings. The molecular weight excluding hydrogens is 465 g/mol. The highest BCUT2D eigenvalue weighted by atomic mass is 35.5. The van der Waals surface area contributed by atoms with E-state index in [1.165, 1.54) is 55.7 Å². The average molecular weight is 482 g/mol. The number of ether oxygens (including phenoxy) is 2. The molecule has 34 heavy (non-hydrogen) atoms. The minimum absolute atomic E-state index is 0.0349. The van der Waals surface area contributed by atoms with Crippen LogP contribution in [0, 0.1) is 27.3 Å². The molecule has 3 aromatic carbocycles. The highest BCUT2D eigenvalue weighted by Gasteiger charge is 2.15. The minimum Gasteiger partial charge on any atom is -0.493 e. The molecule has 0 unspecified atom stereocenters. The molecular formula is C24H17ClFN3O5. The molecule has 0 radical (unpaired) electrons. The third-order valence-corrected chi connectivity index (χ3v) is 4.84. The Kier molecular flexibility index (Phi) is 7.79. The van der Waals surface area contributed by atoms with Crippen molar-refractivity contribution in [3.05, 3.63) is 98.3 Å². The molecule has 8 nitrogen and oxygen atoms in total. The van der Waals surface area contributed by atoms with Gasteiger partial charge in [-0.2, -0.15) is 5.26 Å². The number of non-ortho nitro benzene ring substituents is 1. The number of carbonyl (C=O) groups is 1. The van der Waals surface area contributed by atoms with Crippen molar-refractivity contribution in [2.75, 3.05) is 12.4 Å². The molecule has 172 valence electrons. The number of nitriles is 1. The number of carbonyl (C=O) groups excluding carboxylic acids is 1. The molecule has 0 saturated carbocycles. The van der Waals surface area contributed by atoms with E-state index in [0.717, 1.165) is 0 Å². The van der Waals surface area contributed by atoms with Crippen LogP contribution in [0.1, 0.15) is 11.1 Å². The van der Waals surface area contributed by atoms with Crippen molar-refractivity contribution in [2.45, 2.75) is 6.61 Å². The number of benzene rings is 3. The summed E-state index contributed by atoms with van der Waals surface area (Å²) in [5.41, 5.74) is 1.18. The van der Waals surface area contributed by atoms with Crippen molar-refractivity contribution >= 4 is 35.0 Å². The van der Waals surface area contributed by atoms with Crippen LogP contribution in [0.25, 0.3) is 6.08 Å². The second-order valence-electron chi connectivity index (χ2n) is 6.88. The van der Waals surface area contributed by atoms with Crippen molar-refractivity contribution in [2.24, 2.45) is 0 Å². The summed E-state index contributed by atoms with van der Waals surface area (Å²) in [5.74, 6) is -0.639. The third kappa shape index (κ3) is 6.09. The van der Waals surface area contributed by atoms with Gasteiger partial charge in [-0.25, -0.2) is 4.39 Å². The number of nitro benzene ring substituents is 1. The number of anilines is 1. The van der Waals surface area contributed by atoms with Gasteiger partial charge in [0.25, 0.3) is 11.6 Å². The van der Waals surface area contributed by atoms with Gasteiger partial charge in [0.1, 0.15) is 24.1 Å². The fraction of sp³-hybridized carbons (Fsp3) is 0.0833. The zero-order valence-corrected chi connectivity index (χ0v) is 18.5. The van der Waals surface area contributed by atoms with Gasteiger partial charge < -0.3 is 14.8 Å². The lowest BCUT2D eigenvalue weighted by atomic mass is 10.1. The molecule has 0 fully saturated rings. The maximum atomic E-state index is 13.0. The quantitative estimate of drug-likeness (QED) is 0.196. The van der Waals surface area contributed by atoms with Gasteiger partial charge in [-0.15, -0.1) is 0 Å². The minimum atomic E-state index is -0.678. The van der Waals surface area contributed by atoms with Crippen LogP contribution in [0.4, 0.5) is 15.8 Å². The standard InChI is InChI=1S/C24H17ClFN3O5/c1-33-22-12-16(10-17(13-27)24(30)28-19-6-4-18(26)5-7-19)11-21(25)23(22)34-14-15-2-8-20(9-3-15)29(31)32/h2-12H,14H2,1H3,(H,28,30)/b17-10+. The van der Waals surface area contributed by atoms with Crippen molar-refractivity contribution in [1.29, 1.82) is 5.26 Å². The molecule has 3 rings (SSSR count). The number of methoxy groups -OCH3 is 1. The van der Waals surface area contributed by atoms with Crippen molar-refractivity contribution in [3.63, 3.8) is 0 Å². The zero-order chi connectivity index (χ0) is 24.7. The Morgan fingerprint density at radius 3 is 2.47 bits per heavy atom. The van der Waals surface area contributed by atoms with E-state index in [1.807, 2.05) is 6.07 Å². The fourth-order valence-electron chi connectivity index (χ4n) is 2.88. The monoisotopic (exact) mass is 481 g/mol. The molecule has 1 amide bonds. The first kappa shape index (κ1) is 24.2. The Morgan fingerprint density at radius 1 is 1.21 bits per heavy atom. The van der Waals surface area contributed by atoms with Gasteiger partial charge in [0.2, 0.25) is 0 Å². The van der Waals surface area contributed by atoms with Gasteiger partial charge in [-0.3, -0.25) is 14.9 Å². The van der Waals surface area contributed by atoms with Crippen LogP contribution in [0.3, 0.4) is 0 Å². The van der Waals surface area contributed by atoms with E-state index in [4.69, 9.17) is 21.1 Å². The molecule has 3 aromatic rings. The molecule has 0 saturated heterocycles. The number of nitrogens with one attached hydrogen (secondary N) is 1. The molecule has 1 N–H and O–H groups in total. The number of rotatable bonds is 8. The predicted molar refractivity (Wildman–Crippen MR) is 124 cm³/mol. The predicted octanol–water partition coefficient (Wildman–Crippen LogP) is 5.52. The van der Waals surface area contributed by atoms with Gasteiger partial charge in [0.15, 0.2) is 11.5 Å². The smallest absolute Gasteiger partial charge is 0.269 e. The molecule has 0 aliphatic carbocycles. The van der Waals surface area contributed by atoms with Gasteiger partial charge >= 0.3 is 0 Å². The van der Waals surface area contributed by atoms with Crippen LogP contribution in [0.2, 0.25) is 5.02 Å². The summed E-state index contributed by atoms with van der Waals surface area (Å²) in [6.07, 6.45) is 1.33. The Bertz CT molecular complexity index is 1290.